The fourth-order valence-electron chi connectivity index (χ4n) is 4.99. The van der Waals surface area contributed by atoms with Crippen LogP contribution in [0.4, 0.5) is 8.78 Å². The largest absolute Gasteiger partial charge is 0.387 e. The zero-order valence-corrected chi connectivity index (χ0v) is 26.5. The Morgan fingerprint density at radius 1 is 1.07 bits per heavy atom. The van der Waals surface area contributed by atoms with E-state index in [0.717, 1.165) is 23.8 Å². The first-order valence-electron chi connectivity index (χ1n) is 15.0. The van der Waals surface area contributed by atoms with E-state index >= 15 is 0 Å². The highest BCUT2D eigenvalue weighted by atomic mass is 19.1. The van der Waals surface area contributed by atoms with Crippen LogP contribution < -0.4 is 16.4 Å². The number of aliphatic hydroxyl groups is 1. The van der Waals surface area contributed by atoms with Crippen molar-refractivity contribution in [1.82, 2.24) is 25.1 Å². The highest BCUT2D eigenvalue weighted by Gasteiger charge is 2.38. The molecule has 0 fully saturated rings. The standard InChI is InChI=1S/C33H44F2N6O4/c1-21(2)29(36)32(45)38-17-27(43)37-14-9-15-41(28(44)20-42)30(33(3,4)5)31-39-26(24-16-23(34)12-13-25(24)35)19-40(31)18-22-10-7-6-8-11-22/h6-8,10-13,16,19,21,29-30,42H,9,14-15,17-18,20,36H2,1-5H3,(H,37,43)(H,38,45). The minimum absolute atomic E-state index is 0.0140. The third kappa shape index (κ3) is 9.66. The Labute approximate surface area is 263 Å². The summed E-state index contributed by atoms with van der Waals surface area (Å²) >= 11 is 0. The third-order valence-electron chi connectivity index (χ3n) is 7.38. The van der Waals surface area contributed by atoms with Crippen molar-refractivity contribution in [3.63, 3.8) is 0 Å². The van der Waals surface area contributed by atoms with Gasteiger partial charge >= 0.3 is 0 Å². The normalized spacial score (nSPS) is 12.9. The monoisotopic (exact) mass is 626 g/mol. The predicted molar refractivity (Wildman–Crippen MR) is 168 cm³/mol. The average molecular weight is 627 g/mol. The summed E-state index contributed by atoms with van der Waals surface area (Å²) in [7, 11) is 0. The van der Waals surface area contributed by atoms with Crippen molar-refractivity contribution in [2.45, 2.75) is 59.7 Å². The Kier molecular flexibility index (Phi) is 12.3. The molecule has 5 N–H and O–H groups in total. The predicted octanol–water partition coefficient (Wildman–Crippen LogP) is 3.39. The van der Waals surface area contributed by atoms with E-state index in [1.54, 1.807) is 6.20 Å². The molecule has 0 saturated heterocycles. The van der Waals surface area contributed by atoms with Gasteiger partial charge in [-0.2, -0.15) is 0 Å². The summed E-state index contributed by atoms with van der Waals surface area (Å²) in [6, 6.07) is 11.3. The number of imidazole rings is 1. The molecule has 0 bridgehead atoms. The molecular weight excluding hydrogens is 582 g/mol. The minimum atomic E-state index is -0.758. The van der Waals surface area contributed by atoms with Crippen LogP contribution in [0.3, 0.4) is 0 Å². The number of nitrogens with one attached hydrogen (secondary N) is 2. The van der Waals surface area contributed by atoms with Crippen molar-refractivity contribution in [2.75, 3.05) is 26.2 Å². The number of hydrogen-bond acceptors (Lipinski definition) is 6. The molecule has 1 aromatic heterocycles. The van der Waals surface area contributed by atoms with Crippen LogP contribution in [0.1, 0.15) is 58.5 Å². The molecule has 2 atom stereocenters. The summed E-state index contributed by atoms with van der Waals surface area (Å²) in [4.78, 5) is 43.9. The fourth-order valence-corrected chi connectivity index (χ4v) is 4.99. The lowest BCUT2D eigenvalue weighted by atomic mass is 9.84. The van der Waals surface area contributed by atoms with E-state index in [0.29, 0.717) is 18.8 Å². The zero-order chi connectivity index (χ0) is 33.3. The summed E-state index contributed by atoms with van der Waals surface area (Å²) < 4.78 is 30.8. The number of benzene rings is 2. The first-order chi connectivity index (χ1) is 21.2. The number of amides is 3. The maximum Gasteiger partial charge on any atom is 0.248 e. The molecule has 1 heterocycles. The summed E-state index contributed by atoms with van der Waals surface area (Å²) in [6.07, 6.45) is 1.97. The summed E-state index contributed by atoms with van der Waals surface area (Å²) in [5, 5.41) is 15.2. The highest BCUT2D eigenvalue weighted by Crippen LogP contribution is 2.39. The number of rotatable bonds is 14. The average Bonchev–Trinajstić information content (AvgIpc) is 3.39. The van der Waals surface area contributed by atoms with Gasteiger partial charge in [-0.3, -0.25) is 14.4 Å². The van der Waals surface area contributed by atoms with Crippen LogP contribution >= 0.6 is 0 Å². The second-order valence-electron chi connectivity index (χ2n) is 12.4. The highest BCUT2D eigenvalue weighted by molar-refractivity contribution is 5.87. The fraction of sp³-hybridized carbons (Fsp3) is 0.455. The van der Waals surface area contributed by atoms with Crippen LogP contribution in [0.2, 0.25) is 0 Å². The van der Waals surface area contributed by atoms with E-state index < -0.39 is 53.5 Å². The summed E-state index contributed by atoms with van der Waals surface area (Å²) in [6.45, 7) is 9.07. The van der Waals surface area contributed by atoms with Gasteiger partial charge in [0.1, 0.15) is 24.1 Å². The first-order valence-corrected chi connectivity index (χ1v) is 15.0. The number of aliphatic hydroxyl groups excluding tert-OH is 1. The summed E-state index contributed by atoms with van der Waals surface area (Å²) in [5.74, 6) is -2.28. The lowest BCUT2D eigenvalue weighted by Gasteiger charge is -2.40. The molecule has 0 aliphatic heterocycles. The molecule has 0 radical (unpaired) electrons. The van der Waals surface area contributed by atoms with Crippen molar-refractivity contribution in [3.8, 4) is 11.3 Å². The molecular formula is C33H44F2N6O4. The van der Waals surface area contributed by atoms with Gasteiger partial charge in [0.15, 0.2) is 0 Å². The molecule has 2 aromatic carbocycles. The number of carbonyl (C=O) groups excluding carboxylic acids is 3. The SMILES string of the molecule is CC(C)C(N)C(=O)NCC(=O)NCCCN(C(=O)CO)C(c1nc(-c2cc(F)ccc2F)cn1Cc1ccccc1)C(C)(C)C. The molecule has 3 amide bonds. The van der Waals surface area contributed by atoms with Crippen molar-refractivity contribution >= 4 is 17.7 Å². The minimum Gasteiger partial charge on any atom is -0.387 e. The van der Waals surface area contributed by atoms with Gasteiger partial charge in [-0.1, -0.05) is 65.0 Å². The molecule has 2 unspecified atom stereocenters. The molecule has 3 rings (SSSR count). The molecule has 0 saturated carbocycles. The van der Waals surface area contributed by atoms with Crippen LogP contribution in [0, 0.1) is 23.0 Å². The van der Waals surface area contributed by atoms with Crippen LogP contribution in [-0.2, 0) is 20.9 Å². The Balaban J connectivity index is 1.89. The Morgan fingerprint density at radius 3 is 2.38 bits per heavy atom. The molecule has 45 heavy (non-hydrogen) atoms. The van der Waals surface area contributed by atoms with Gasteiger partial charge in [-0.25, -0.2) is 13.8 Å². The van der Waals surface area contributed by atoms with Gasteiger partial charge in [0.05, 0.1) is 24.3 Å². The smallest absolute Gasteiger partial charge is 0.248 e. The van der Waals surface area contributed by atoms with Gasteiger partial charge in [-0.05, 0) is 41.5 Å². The second-order valence-corrected chi connectivity index (χ2v) is 12.4. The van der Waals surface area contributed by atoms with E-state index in [9.17, 15) is 28.3 Å². The maximum absolute atomic E-state index is 14.9. The molecule has 10 nitrogen and oxygen atoms in total. The summed E-state index contributed by atoms with van der Waals surface area (Å²) in [5.41, 5.74) is 6.31. The van der Waals surface area contributed by atoms with E-state index in [1.807, 2.05) is 69.5 Å². The second kappa shape index (κ2) is 15.7. The Hall–Kier alpha value is -4.16. The van der Waals surface area contributed by atoms with Crippen LogP contribution in [0.15, 0.2) is 54.7 Å². The van der Waals surface area contributed by atoms with Crippen molar-refractivity contribution < 1.29 is 28.3 Å². The Bertz CT molecular complexity index is 1460. The number of hydrogen-bond donors (Lipinski definition) is 4. The molecule has 0 aliphatic rings. The van der Waals surface area contributed by atoms with E-state index in [2.05, 4.69) is 10.6 Å². The van der Waals surface area contributed by atoms with Gasteiger partial charge in [0, 0.05) is 31.4 Å². The van der Waals surface area contributed by atoms with E-state index in [1.165, 1.54) is 4.90 Å². The number of nitrogens with two attached hydrogens (primary N) is 1. The lowest BCUT2D eigenvalue weighted by Crippen LogP contribution is -2.47. The van der Waals surface area contributed by atoms with Crippen LogP contribution in [0.25, 0.3) is 11.3 Å². The van der Waals surface area contributed by atoms with Gasteiger partial charge in [0.25, 0.3) is 0 Å². The van der Waals surface area contributed by atoms with Gasteiger partial charge < -0.3 is 30.9 Å². The first kappa shape index (κ1) is 35.3. The van der Waals surface area contributed by atoms with Crippen molar-refractivity contribution in [1.29, 1.82) is 0 Å². The molecule has 3 aromatic rings. The van der Waals surface area contributed by atoms with Gasteiger partial charge in [0.2, 0.25) is 17.7 Å². The molecule has 12 heteroatoms. The number of halogens is 2. The molecule has 244 valence electrons. The van der Waals surface area contributed by atoms with Gasteiger partial charge in [-0.15, -0.1) is 0 Å². The lowest BCUT2D eigenvalue weighted by molar-refractivity contribution is -0.139. The number of aromatic nitrogens is 2. The molecule has 0 aliphatic carbocycles. The van der Waals surface area contributed by atoms with Crippen molar-refractivity contribution in [2.24, 2.45) is 17.1 Å². The Morgan fingerprint density at radius 2 is 1.76 bits per heavy atom. The zero-order valence-electron chi connectivity index (χ0n) is 26.5. The van der Waals surface area contributed by atoms with Crippen LogP contribution in [0.5, 0.6) is 0 Å². The number of carbonyl (C=O) groups is 3. The van der Waals surface area contributed by atoms with Crippen LogP contribution in [-0.4, -0.2) is 69.6 Å². The van der Waals surface area contributed by atoms with Crippen molar-refractivity contribution in [3.05, 3.63) is 77.8 Å². The maximum atomic E-state index is 14.9. The third-order valence-corrected chi connectivity index (χ3v) is 7.38. The number of nitrogens with zero attached hydrogens (tertiary/aromatic N) is 3. The van der Waals surface area contributed by atoms with E-state index in [-0.39, 0.29) is 36.8 Å². The van der Waals surface area contributed by atoms with E-state index in [4.69, 9.17) is 10.7 Å². The quantitative estimate of drug-likeness (QED) is 0.202. The molecule has 0 spiro atoms. The topological polar surface area (TPSA) is 143 Å².